The molecule has 150 valence electrons. The zero-order valence-electron chi connectivity index (χ0n) is 16.7. The van der Waals surface area contributed by atoms with E-state index >= 15 is 0 Å². The van der Waals surface area contributed by atoms with Crippen molar-refractivity contribution in [2.24, 2.45) is 0 Å². The summed E-state index contributed by atoms with van der Waals surface area (Å²) in [6, 6.07) is 10.8. The molecule has 0 saturated carbocycles. The maximum Gasteiger partial charge on any atom is 0.342 e. The molecular formula is C21H22N4O4. The monoisotopic (exact) mass is 394 g/mol. The Morgan fingerprint density at radius 1 is 1.17 bits per heavy atom. The normalized spacial score (nSPS) is 11.6. The van der Waals surface area contributed by atoms with Crippen LogP contribution in [0.3, 0.4) is 0 Å². The maximum absolute atomic E-state index is 12.6. The van der Waals surface area contributed by atoms with Crippen LogP contribution in [0.5, 0.6) is 5.75 Å². The quantitative estimate of drug-likeness (QED) is 0.646. The van der Waals surface area contributed by atoms with Gasteiger partial charge in [0.25, 0.3) is 5.91 Å². The summed E-state index contributed by atoms with van der Waals surface area (Å²) in [5.41, 5.74) is 2.31. The molecule has 1 aromatic carbocycles. The van der Waals surface area contributed by atoms with Gasteiger partial charge in [0, 0.05) is 6.20 Å². The number of hydrogen-bond donors (Lipinski definition) is 1. The van der Waals surface area contributed by atoms with Crippen molar-refractivity contribution in [2.45, 2.75) is 26.9 Å². The average Bonchev–Trinajstić information content (AvgIpc) is 3.10. The van der Waals surface area contributed by atoms with Crippen molar-refractivity contribution in [3.05, 3.63) is 65.6 Å². The van der Waals surface area contributed by atoms with E-state index in [1.807, 2.05) is 19.1 Å². The highest BCUT2D eigenvalue weighted by molar-refractivity contribution is 5.98. The second-order valence-electron chi connectivity index (χ2n) is 6.48. The number of pyridine rings is 1. The Hall–Kier alpha value is -3.68. The van der Waals surface area contributed by atoms with Crippen LogP contribution in [0.15, 0.2) is 48.8 Å². The fourth-order valence-electron chi connectivity index (χ4n) is 2.75. The number of amides is 1. The summed E-state index contributed by atoms with van der Waals surface area (Å²) in [5, 5.41) is 6.93. The predicted molar refractivity (Wildman–Crippen MR) is 107 cm³/mol. The summed E-state index contributed by atoms with van der Waals surface area (Å²) in [6.45, 7) is 5.15. The minimum atomic E-state index is -1.01. The number of hydrogen-bond acceptors (Lipinski definition) is 6. The van der Waals surface area contributed by atoms with Crippen LogP contribution in [-0.4, -0.2) is 39.9 Å². The molecule has 1 unspecified atom stereocenters. The molecule has 1 atom stereocenters. The molecule has 8 nitrogen and oxygen atoms in total. The first-order valence-electron chi connectivity index (χ1n) is 9.03. The molecule has 0 bridgehead atoms. The molecule has 0 spiro atoms. The van der Waals surface area contributed by atoms with Crippen molar-refractivity contribution in [3.63, 3.8) is 0 Å². The van der Waals surface area contributed by atoms with E-state index in [0.717, 1.165) is 5.56 Å². The molecule has 2 heterocycles. The molecule has 0 aliphatic heterocycles. The van der Waals surface area contributed by atoms with Crippen LogP contribution < -0.4 is 10.1 Å². The van der Waals surface area contributed by atoms with Gasteiger partial charge >= 0.3 is 5.97 Å². The van der Waals surface area contributed by atoms with Crippen LogP contribution in [0.1, 0.15) is 28.5 Å². The van der Waals surface area contributed by atoms with Crippen molar-refractivity contribution in [3.8, 4) is 11.6 Å². The Kier molecular flexibility index (Phi) is 5.92. The molecule has 3 aromatic rings. The average molecular weight is 394 g/mol. The highest BCUT2D eigenvalue weighted by Crippen LogP contribution is 2.25. The lowest BCUT2D eigenvalue weighted by molar-refractivity contribution is -0.123. The number of aromatic nitrogens is 3. The first-order valence-corrected chi connectivity index (χ1v) is 9.03. The number of carbonyl (C=O) groups excluding carboxylic acids is 2. The van der Waals surface area contributed by atoms with Crippen LogP contribution in [0.2, 0.25) is 0 Å². The van der Waals surface area contributed by atoms with Gasteiger partial charge < -0.3 is 14.8 Å². The van der Waals surface area contributed by atoms with Gasteiger partial charge in [0.15, 0.2) is 11.9 Å². The van der Waals surface area contributed by atoms with Gasteiger partial charge in [0.1, 0.15) is 11.3 Å². The number of nitrogens with zero attached hydrogens (tertiary/aromatic N) is 3. The van der Waals surface area contributed by atoms with Gasteiger partial charge in [-0.15, -0.1) is 0 Å². The highest BCUT2D eigenvalue weighted by Gasteiger charge is 2.23. The van der Waals surface area contributed by atoms with E-state index in [9.17, 15) is 9.59 Å². The lowest BCUT2D eigenvalue weighted by atomic mass is 10.2. The van der Waals surface area contributed by atoms with E-state index in [2.05, 4.69) is 15.4 Å². The number of methoxy groups -OCH3 is 1. The molecule has 0 radical (unpaired) electrons. The Morgan fingerprint density at radius 2 is 1.97 bits per heavy atom. The standard InChI is InChI=1S/C21H22N4O4/c1-13-8-9-18(28-4)17(11-13)24-20(26)15(3)29-21(27)16-12-23-25(14(16)2)19-7-5-6-10-22-19/h5-12,15H,1-4H3,(H,24,26). The number of esters is 1. The third-order valence-electron chi connectivity index (χ3n) is 4.36. The summed E-state index contributed by atoms with van der Waals surface area (Å²) < 4.78 is 12.1. The largest absolute Gasteiger partial charge is 0.495 e. The van der Waals surface area contributed by atoms with E-state index in [0.29, 0.717) is 22.9 Å². The number of aryl methyl sites for hydroxylation is 1. The van der Waals surface area contributed by atoms with Gasteiger partial charge in [-0.1, -0.05) is 12.1 Å². The minimum absolute atomic E-state index is 0.267. The SMILES string of the molecule is COc1ccc(C)cc1NC(=O)C(C)OC(=O)c1cnn(-c2ccccn2)c1C. The number of ether oxygens (including phenoxy) is 2. The maximum atomic E-state index is 12.6. The van der Waals surface area contributed by atoms with E-state index < -0.39 is 18.0 Å². The van der Waals surface area contributed by atoms with Gasteiger partial charge in [0.2, 0.25) is 0 Å². The zero-order valence-corrected chi connectivity index (χ0v) is 16.7. The van der Waals surface area contributed by atoms with Crippen molar-refractivity contribution in [1.29, 1.82) is 0 Å². The highest BCUT2D eigenvalue weighted by atomic mass is 16.5. The lowest BCUT2D eigenvalue weighted by Crippen LogP contribution is -2.30. The van der Waals surface area contributed by atoms with E-state index in [1.54, 1.807) is 42.1 Å². The van der Waals surface area contributed by atoms with Crippen molar-refractivity contribution >= 4 is 17.6 Å². The first kappa shape index (κ1) is 20.1. The van der Waals surface area contributed by atoms with Crippen LogP contribution in [0.25, 0.3) is 5.82 Å². The third-order valence-corrected chi connectivity index (χ3v) is 4.36. The van der Waals surface area contributed by atoms with E-state index in [4.69, 9.17) is 9.47 Å². The van der Waals surface area contributed by atoms with Gasteiger partial charge in [0.05, 0.1) is 24.7 Å². The summed E-state index contributed by atoms with van der Waals surface area (Å²) in [6.07, 6.45) is 2.03. The first-order chi connectivity index (χ1) is 13.9. The van der Waals surface area contributed by atoms with Gasteiger partial charge in [-0.25, -0.2) is 14.5 Å². The van der Waals surface area contributed by atoms with E-state index in [1.165, 1.54) is 20.2 Å². The molecule has 2 aromatic heterocycles. The van der Waals surface area contributed by atoms with Crippen LogP contribution >= 0.6 is 0 Å². The van der Waals surface area contributed by atoms with Gasteiger partial charge in [-0.3, -0.25) is 4.79 Å². The molecule has 0 aliphatic carbocycles. The summed E-state index contributed by atoms with van der Waals surface area (Å²) in [5.74, 6) is 0.0110. The lowest BCUT2D eigenvalue weighted by Gasteiger charge is -2.15. The molecule has 1 amide bonds. The fourth-order valence-corrected chi connectivity index (χ4v) is 2.75. The van der Waals surface area contributed by atoms with Crippen molar-refractivity contribution in [1.82, 2.24) is 14.8 Å². The predicted octanol–water partition coefficient (Wildman–Crippen LogP) is 3.08. The van der Waals surface area contributed by atoms with Gasteiger partial charge in [-0.05, 0) is 50.6 Å². The fraction of sp³-hybridized carbons (Fsp3) is 0.238. The molecule has 29 heavy (non-hydrogen) atoms. The van der Waals surface area contributed by atoms with Crippen LogP contribution in [0.4, 0.5) is 5.69 Å². The molecule has 8 heteroatoms. The van der Waals surface area contributed by atoms with Crippen molar-refractivity contribution < 1.29 is 19.1 Å². The zero-order chi connectivity index (χ0) is 21.0. The number of benzene rings is 1. The summed E-state index contributed by atoms with van der Waals surface area (Å²) in [4.78, 5) is 29.3. The molecule has 0 saturated heterocycles. The third kappa shape index (κ3) is 4.43. The number of nitrogens with one attached hydrogen (secondary N) is 1. The Labute approximate surface area is 168 Å². The van der Waals surface area contributed by atoms with Crippen LogP contribution in [0, 0.1) is 13.8 Å². The number of rotatable bonds is 6. The molecule has 1 N–H and O–H groups in total. The van der Waals surface area contributed by atoms with E-state index in [-0.39, 0.29) is 5.56 Å². The Balaban J connectivity index is 1.70. The number of carbonyl (C=O) groups is 2. The van der Waals surface area contributed by atoms with Crippen molar-refractivity contribution in [2.75, 3.05) is 12.4 Å². The molecule has 0 fully saturated rings. The molecule has 0 aliphatic rings. The number of anilines is 1. The topological polar surface area (TPSA) is 95.3 Å². The Bertz CT molecular complexity index is 1030. The minimum Gasteiger partial charge on any atom is -0.495 e. The second kappa shape index (κ2) is 8.55. The second-order valence-corrected chi connectivity index (χ2v) is 6.48. The smallest absolute Gasteiger partial charge is 0.342 e. The summed E-state index contributed by atoms with van der Waals surface area (Å²) >= 11 is 0. The van der Waals surface area contributed by atoms with Crippen LogP contribution in [-0.2, 0) is 9.53 Å². The Morgan fingerprint density at radius 3 is 2.66 bits per heavy atom. The van der Waals surface area contributed by atoms with Gasteiger partial charge in [-0.2, -0.15) is 5.10 Å². The molecule has 3 rings (SSSR count). The summed E-state index contributed by atoms with van der Waals surface area (Å²) in [7, 11) is 1.52. The molecular weight excluding hydrogens is 372 g/mol.